The van der Waals surface area contributed by atoms with Crippen LogP contribution in [0.15, 0.2) is 36.4 Å². The highest BCUT2D eigenvalue weighted by molar-refractivity contribution is 7.18. The maximum absolute atomic E-state index is 13.5. The van der Waals surface area contributed by atoms with Gasteiger partial charge < -0.3 is 4.90 Å². The summed E-state index contributed by atoms with van der Waals surface area (Å²) in [6.07, 6.45) is 0.219. The fraction of sp³-hybridized carbons (Fsp3) is 0.250. The molecule has 2 rings (SSSR count). The number of thiophene rings is 1. The number of benzene rings is 1. The van der Waals surface area contributed by atoms with Gasteiger partial charge in [-0.3, -0.25) is 9.59 Å². The van der Waals surface area contributed by atoms with E-state index in [1.54, 1.807) is 37.4 Å². The van der Waals surface area contributed by atoms with Crippen molar-refractivity contribution in [2.75, 3.05) is 7.05 Å². The number of carbonyl (C=O) groups is 2. The van der Waals surface area contributed by atoms with E-state index in [1.165, 1.54) is 22.3 Å². The zero-order valence-corrected chi connectivity index (χ0v) is 13.6. The van der Waals surface area contributed by atoms with Crippen LogP contribution in [0, 0.1) is 5.82 Å². The van der Waals surface area contributed by atoms with E-state index in [-0.39, 0.29) is 36.9 Å². The Labute approximate surface area is 137 Å². The lowest BCUT2D eigenvalue weighted by Crippen LogP contribution is -2.26. The molecule has 1 aromatic carbocycles. The number of Topliss-reactive ketones (excluding diaryl/α,β-unsaturated/α-hetero) is 1. The summed E-state index contributed by atoms with van der Waals surface area (Å²) in [5, 5.41) is 0. The highest BCUT2D eigenvalue weighted by atomic mass is 35.5. The molecule has 0 atom stereocenters. The molecule has 0 bridgehead atoms. The lowest BCUT2D eigenvalue weighted by atomic mass is 10.1. The molecular weight excluding hydrogens is 325 g/mol. The van der Waals surface area contributed by atoms with Gasteiger partial charge >= 0.3 is 0 Å². The third-order valence-electron chi connectivity index (χ3n) is 3.21. The van der Waals surface area contributed by atoms with Crippen molar-refractivity contribution in [2.45, 2.75) is 19.4 Å². The lowest BCUT2D eigenvalue weighted by Gasteiger charge is -2.17. The Bertz CT molecular complexity index is 686. The molecule has 0 aliphatic heterocycles. The number of nitrogens with zero attached hydrogens (tertiary/aromatic N) is 1. The first-order chi connectivity index (χ1) is 10.5. The van der Waals surface area contributed by atoms with Gasteiger partial charge in [-0.1, -0.05) is 29.8 Å². The van der Waals surface area contributed by atoms with Crippen molar-refractivity contribution in [2.24, 2.45) is 0 Å². The van der Waals surface area contributed by atoms with E-state index in [2.05, 4.69) is 0 Å². The normalized spacial score (nSPS) is 10.5. The molecule has 116 valence electrons. The number of ketones is 1. The second-order valence-corrected chi connectivity index (χ2v) is 6.58. The molecule has 6 heteroatoms. The van der Waals surface area contributed by atoms with E-state index >= 15 is 0 Å². The van der Waals surface area contributed by atoms with Crippen LogP contribution >= 0.6 is 22.9 Å². The Hall–Kier alpha value is -1.72. The molecule has 0 saturated heterocycles. The predicted molar refractivity (Wildman–Crippen MR) is 85.8 cm³/mol. The third kappa shape index (κ3) is 4.39. The first-order valence-electron chi connectivity index (χ1n) is 6.73. The van der Waals surface area contributed by atoms with Gasteiger partial charge in [0.15, 0.2) is 5.78 Å². The van der Waals surface area contributed by atoms with Gasteiger partial charge in [-0.15, -0.1) is 11.3 Å². The van der Waals surface area contributed by atoms with Crippen LogP contribution in [0.25, 0.3) is 0 Å². The highest BCUT2D eigenvalue weighted by Gasteiger charge is 2.15. The maximum atomic E-state index is 13.5. The van der Waals surface area contributed by atoms with Crippen molar-refractivity contribution < 1.29 is 14.0 Å². The SMILES string of the molecule is CN(Cc1ccccc1F)C(=O)CCC(=O)c1ccc(Cl)s1. The minimum absolute atomic E-state index is 0.0965. The molecule has 0 saturated carbocycles. The first kappa shape index (κ1) is 16.6. The zero-order valence-electron chi connectivity index (χ0n) is 12.0. The summed E-state index contributed by atoms with van der Waals surface area (Å²) in [6, 6.07) is 9.64. The van der Waals surface area contributed by atoms with Crippen LogP contribution in [0.5, 0.6) is 0 Å². The van der Waals surface area contributed by atoms with Crippen molar-refractivity contribution in [1.82, 2.24) is 4.90 Å². The van der Waals surface area contributed by atoms with Crippen LogP contribution in [0.4, 0.5) is 4.39 Å². The summed E-state index contributed by atoms with van der Waals surface area (Å²) in [7, 11) is 1.60. The van der Waals surface area contributed by atoms with E-state index in [9.17, 15) is 14.0 Å². The number of hydrogen-bond acceptors (Lipinski definition) is 3. The quantitative estimate of drug-likeness (QED) is 0.741. The molecule has 1 aromatic heterocycles. The van der Waals surface area contributed by atoms with Gasteiger partial charge in [0.05, 0.1) is 9.21 Å². The lowest BCUT2D eigenvalue weighted by molar-refractivity contribution is -0.130. The van der Waals surface area contributed by atoms with Gasteiger partial charge in [0.2, 0.25) is 5.91 Å². The van der Waals surface area contributed by atoms with E-state index < -0.39 is 0 Å². The van der Waals surface area contributed by atoms with Crippen molar-refractivity contribution in [3.8, 4) is 0 Å². The smallest absolute Gasteiger partial charge is 0.223 e. The molecule has 3 nitrogen and oxygen atoms in total. The molecule has 0 aliphatic rings. The summed E-state index contributed by atoms with van der Waals surface area (Å²) < 4.78 is 14.1. The largest absolute Gasteiger partial charge is 0.341 e. The summed E-state index contributed by atoms with van der Waals surface area (Å²) in [5.74, 6) is -0.643. The number of carbonyl (C=O) groups excluding carboxylic acids is 2. The van der Waals surface area contributed by atoms with Gasteiger partial charge in [-0.25, -0.2) is 4.39 Å². The predicted octanol–water partition coefficient (Wildman–Crippen LogP) is 4.16. The molecule has 0 radical (unpaired) electrons. The van der Waals surface area contributed by atoms with E-state index in [0.717, 1.165) is 0 Å². The summed E-state index contributed by atoms with van der Waals surface area (Å²) >= 11 is 6.98. The van der Waals surface area contributed by atoms with Gasteiger partial charge in [-0.05, 0) is 18.2 Å². The molecule has 2 aromatic rings. The molecule has 0 spiro atoms. The van der Waals surface area contributed by atoms with Crippen molar-refractivity contribution in [1.29, 1.82) is 0 Å². The Morgan fingerprint density at radius 3 is 2.55 bits per heavy atom. The van der Waals surface area contributed by atoms with Crippen LogP contribution in [0.1, 0.15) is 28.1 Å². The van der Waals surface area contributed by atoms with Gasteiger partial charge in [0.1, 0.15) is 5.82 Å². The van der Waals surface area contributed by atoms with Gasteiger partial charge in [-0.2, -0.15) is 0 Å². The fourth-order valence-corrected chi connectivity index (χ4v) is 2.98. The van der Waals surface area contributed by atoms with Crippen LogP contribution in [0.3, 0.4) is 0 Å². The molecule has 22 heavy (non-hydrogen) atoms. The van der Waals surface area contributed by atoms with E-state index in [0.29, 0.717) is 14.8 Å². The standard InChI is InChI=1S/C16H15ClFNO2S/c1-19(10-11-4-2-3-5-12(11)18)16(21)9-6-13(20)14-7-8-15(17)22-14/h2-5,7-8H,6,9-10H2,1H3. The molecular formula is C16H15ClFNO2S. The number of hydrogen-bond donors (Lipinski definition) is 0. The molecule has 1 heterocycles. The average Bonchev–Trinajstić information content (AvgIpc) is 2.93. The van der Waals surface area contributed by atoms with Crippen LogP contribution in [0.2, 0.25) is 4.34 Å². The topological polar surface area (TPSA) is 37.4 Å². The van der Waals surface area contributed by atoms with Crippen molar-refractivity contribution in [3.05, 3.63) is 57.0 Å². The van der Waals surface area contributed by atoms with Gasteiger partial charge in [0, 0.05) is 32.0 Å². The summed E-state index contributed by atoms with van der Waals surface area (Å²) in [6.45, 7) is 0.185. The monoisotopic (exact) mass is 339 g/mol. The Balaban J connectivity index is 1.86. The summed E-state index contributed by atoms with van der Waals surface area (Å²) in [4.78, 5) is 25.9. The Morgan fingerprint density at radius 2 is 1.91 bits per heavy atom. The summed E-state index contributed by atoms with van der Waals surface area (Å²) in [5.41, 5.74) is 0.453. The van der Waals surface area contributed by atoms with Crippen LogP contribution < -0.4 is 0 Å². The second kappa shape index (κ2) is 7.51. The first-order valence-corrected chi connectivity index (χ1v) is 7.92. The minimum Gasteiger partial charge on any atom is -0.341 e. The number of rotatable bonds is 6. The van der Waals surface area contributed by atoms with E-state index in [1.807, 2.05) is 0 Å². The number of halogens is 2. The Kier molecular flexibility index (Phi) is 5.69. The van der Waals surface area contributed by atoms with Crippen molar-refractivity contribution in [3.63, 3.8) is 0 Å². The minimum atomic E-state index is -0.341. The third-order valence-corrected chi connectivity index (χ3v) is 4.48. The molecule has 0 fully saturated rings. The molecule has 0 N–H and O–H groups in total. The fourth-order valence-electron chi connectivity index (χ4n) is 1.97. The highest BCUT2D eigenvalue weighted by Crippen LogP contribution is 2.23. The van der Waals surface area contributed by atoms with Crippen LogP contribution in [-0.2, 0) is 11.3 Å². The molecule has 0 aliphatic carbocycles. The van der Waals surface area contributed by atoms with Crippen LogP contribution in [-0.4, -0.2) is 23.6 Å². The number of amides is 1. The molecule has 0 unspecified atom stereocenters. The van der Waals surface area contributed by atoms with Gasteiger partial charge in [0.25, 0.3) is 0 Å². The zero-order chi connectivity index (χ0) is 16.1. The van der Waals surface area contributed by atoms with E-state index in [4.69, 9.17) is 11.6 Å². The van der Waals surface area contributed by atoms with Crippen molar-refractivity contribution >= 4 is 34.6 Å². The second-order valence-electron chi connectivity index (χ2n) is 4.87. The molecule has 1 amide bonds. The average molecular weight is 340 g/mol. The Morgan fingerprint density at radius 1 is 1.18 bits per heavy atom. The maximum Gasteiger partial charge on any atom is 0.223 e.